The van der Waals surface area contributed by atoms with Gasteiger partial charge in [0, 0.05) is 17.3 Å². The summed E-state index contributed by atoms with van der Waals surface area (Å²) in [7, 11) is 0. The van der Waals surface area contributed by atoms with E-state index in [0.29, 0.717) is 22.9 Å². The highest BCUT2D eigenvalue weighted by Crippen LogP contribution is 2.32. The summed E-state index contributed by atoms with van der Waals surface area (Å²) in [6.07, 6.45) is 1.45. The topological polar surface area (TPSA) is 85.7 Å². The molecule has 110 valence electrons. The summed E-state index contributed by atoms with van der Waals surface area (Å²) in [5, 5.41) is 6.78. The molecule has 6 nitrogen and oxygen atoms in total. The van der Waals surface area contributed by atoms with Crippen molar-refractivity contribution in [3.05, 3.63) is 41.9 Å². The van der Waals surface area contributed by atoms with Crippen LogP contribution >= 0.6 is 0 Å². The summed E-state index contributed by atoms with van der Waals surface area (Å²) in [5.74, 6) is 0.545. The molecule has 0 spiro atoms. The molecule has 1 aliphatic rings. The molecule has 2 aromatic rings. The van der Waals surface area contributed by atoms with Gasteiger partial charge in [-0.2, -0.15) is 0 Å². The Balaban J connectivity index is 1.96. The Morgan fingerprint density at radius 2 is 2.24 bits per heavy atom. The van der Waals surface area contributed by atoms with Gasteiger partial charge >= 0.3 is 0 Å². The quantitative estimate of drug-likeness (QED) is 0.904. The Hall–Kier alpha value is -2.41. The number of aromatic nitrogens is 1. The number of rotatable bonds is 3. The number of amidine groups is 1. The number of nitrogens with one attached hydrogen (secondary N) is 1. The molecule has 1 atom stereocenters. The standard InChI is InChI=1S/C14H15FN4O2/c1-14(8-20-7-12(16)18-14)10-6-9(2-3-11(10)15)17-13-4-5-21-19-13/h2-6H,7-8H2,1H3,(H2,16,18)(H,17,19)/t14-/m0/s1. The lowest BCUT2D eigenvalue weighted by atomic mass is 9.92. The molecule has 7 heteroatoms. The molecular weight excluding hydrogens is 275 g/mol. The van der Waals surface area contributed by atoms with E-state index in [-0.39, 0.29) is 19.0 Å². The molecule has 0 unspecified atom stereocenters. The van der Waals surface area contributed by atoms with Crippen molar-refractivity contribution in [2.24, 2.45) is 10.7 Å². The van der Waals surface area contributed by atoms with E-state index >= 15 is 0 Å². The van der Waals surface area contributed by atoms with Gasteiger partial charge < -0.3 is 20.3 Å². The second-order valence-electron chi connectivity index (χ2n) is 5.07. The van der Waals surface area contributed by atoms with E-state index in [4.69, 9.17) is 15.0 Å². The molecule has 21 heavy (non-hydrogen) atoms. The monoisotopic (exact) mass is 290 g/mol. The molecule has 2 heterocycles. The molecular formula is C14H15FN4O2. The third-order valence-electron chi connectivity index (χ3n) is 3.28. The number of aliphatic imine (C=N–C) groups is 1. The van der Waals surface area contributed by atoms with Crippen LogP contribution in [0.1, 0.15) is 12.5 Å². The maximum atomic E-state index is 14.2. The van der Waals surface area contributed by atoms with Gasteiger partial charge in [-0.25, -0.2) is 4.39 Å². The van der Waals surface area contributed by atoms with Crippen molar-refractivity contribution in [1.29, 1.82) is 0 Å². The number of hydrogen-bond donors (Lipinski definition) is 2. The highest BCUT2D eigenvalue weighted by Gasteiger charge is 2.32. The lowest BCUT2D eigenvalue weighted by Gasteiger charge is -2.30. The van der Waals surface area contributed by atoms with Crippen LogP contribution < -0.4 is 11.1 Å². The average Bonchev–Trinajstić information content (AvgIpc) is 2.93. The second kappa shape index (κ2) is 5.17. The molecule has 3 rings (SSSR count). The van der Waals surface area contributed by atoms with Crippen LogP contribution in [0.15, 0.2) is 40.0 Å². The highest BCUT2D eigenvalue weighted by atomic mass is 19.1. The first-order valence-corrected chi connectivity index (χ1v) is 6.46. The summed E-state index contributed by atoms with van der Waals surface area (Å²) in [6.45, 7) is 2.34. The van der Waals surface area contributed by atoms with Crippen LogP contribution in [0.25, 0.3) is 0 Å². The van der Waals surface area contributed by atoms with Gasteiger partial charge in [0.05, 0.1) is 6.61 Å². The predicted octanol–water partition coefficient (Wildman–Crippen LogP) is 2.16. The normalized spacial score (nSPS) is 21.9. The fourth-order valence-corrected chi connectivity index (χ4v) is 2.31. The van der Waals surface area contributed by atoms with E-state index in [1.54, 1.807) is 25.1 Å². The number of nitrogens with two attached hydrogens (primary N) is 1. The summed E-state index contributed by atoms with van der Waals surface area (Å²) in [6, 6.07) is 6.34. The first kappa shape index (κ1) is 13.6. The van der Waals surface area contributed by atoms with Crippen molar-refractivity contribution in [3.63, 3.8) is 0 Å². The van der Waals surface area contributed by atoms with Crippen LogP contribution in [0.4, 0.5) is 15.9 Å². The fraction of sp³-hybridized carbons (Fsp3) is 0.286. The van der Waals surface area contributed by atoms with Crippen molar-refractivity contribution in [3.8, 4) is 0 Å². The highest BCUT2D eigenvalue weighted by molar-refractivity contribution is 5.82. The average molecular weight is 290 g/mol. The van der Waals surface area contributed by atoms with Crippen molar-refractivity contribution < 1.29 is 13.7 Å². The molecule has 1 aliphatic heterocycles. The Bertz CT molecular complexity index is 672. The zero-order valence-corrected chi connectivity index (χ0v) is 11.5. The van der Waals surface area contributed by atoms with Gasteiger partial charge in [0.1, 0.15) is 30.1 Å². The molecule has 1 aromatic heterocycles. The van der Waals surface area contributed by atoms with Crippen molar-refractivity contribution in [2.45, 2.75) is 12.5 Å². The number of hydrogen-bond acceptors (Lipinski definition) is 6. The van der Waals surface area contributed by atoms with E-state index < -0.39 is 5.54 Å². The maximum Gasteiger partial charge on any atom is 0.173 e. The molecule has 0 amide bonds. The van der Waals surface area contributed by atoms with Crippen LogP contribution in [0.5, 0.6) is 0 Å². The maximum absolute atomic E-state index is 14.2. The Morgan fingerprint density at radius 3 is 2.95 bits per heavy atom. The number of ether oxygens (including phenoxy) is 1. The third-order valence-corrected chi connectivity index (χ3v) is 3.28. The lowest BCUT2D eigenvalue weighted by molar-refractivity contribution is 0.104. The molecule has 0 fully saturated rings. The van der Waals surface area contributed by atoms with Crippen LogP contribution in [-0.2, 0) is 10.3 Å². The van der Waals surface area contributed by atoms with Crippen molar-refractivity contribution >= 4 is 17.3 Å². The van der Waals surface area contributed by atoms with E-state index in [2.05, 4.69) is 15.5 Å². The Kier molecular flexibility index (Phi) is 3.34. The smallest absolute Gasteiger partial charge is 0.173 e. The molecule has 0 aliphatic carbocycles. The summed E-state index contributed by atoms with van der Waals surface area (Å²) < 4.78 is 24.3. The lowest BCUT2D eigenvalue weighted by Crippen LogP contribution is -2.38. The zero-order chi connectivity index (χ0) is 14.9. The Labute approximate surface area is 120 Å². The van der Waals surface area contributed by atoms with E-state index in [0.717, 1.165) is 0 Å². The number of halogens is 1. The van der Waals surface area contributed by atoms with Crippen LogP contribution in [0.2, 0.25) is 0 Å². The second-order valence-corrected chi connectivity index (χ2v) is 5.07. The van der Waals surface area contributed by atoms with Gasteiger partial charge in [0.25, 0.3) is 0 Å². The largest absolute Gasteiger partial charge is 0.386 e. The summed E-state index contributed by atoms with van der Waals surface area (Å²) >= 11 is 0. The zero-order valence-electron chi connectivity index (χ0n) is 11.5. The summed E-state index contributed by atoms with van der Waals surface area (Å²) in [5.41, 5.74) is 5.97. The molecule has 0 saturated heterocycles. The van der Waals surface area contributed by atoms with Crippen molar-refractivity contribution in [2.75, 3.05) is 18.5 Å². The van der Waals surface area contributed by atoms with Gasteiger partial charge in [-0.3, -0.25) is 4.99 Å². The summed E-state index contributed by atoms with van der Waals surface area (Å²) in [4.78, 5) is 4.35. The SMILES string of the molecule is C[C@@]1(c2cc(Nc3ccon3)ccc2F)COCC(N)=N1. The van der Waals surface area contributed by atoms with Gasteiger partial charge in [-0.15, -0.1) is 0 Å². The number of nitrogens with zero attached hydrogens (tertiary/aromatic N) is 2. The molecule has 1 aromatic carbocycles. The molecule has 0 radical (unpaired) electrons. The minimum Gasteiger partial charge on any atom is -0.386 e. The molecule has 0 saturated carbocycles. The van der Waals surface area contributed by atoms with Gasteiger partial charge in [-0.05, 0) is 25.1 Å². The van der Waals surface area contributed by atoms with E-state index in [1.165, 1.54) is 12.3 Å². The van der Waals surface area contributed by atoms with Crippen LogP contribution in [0.3, 0.4) is 0 Å². The van der Waals surface area contributed by atoms with Crippen LogP contribution in [0, 0.1) is 5.82 Å². The first-order chi connectivity index (χ1) is 10.1. The molecule has 3 N–H and O–H groups in total. The minimum absolute atomic E-state index is 0.272. The van der Waals surface area contributed by atoms with Gasteiger partial charge in [-0.1, -0.05) is 5.16 Å². The number of benzene rings is 1. The van der Waals surface area contributed by atoms with Gasteiger partial charge in [0.15, 0.2) is 5.82 Å². The van der Waals surface area contributed by atoms with E-state index in [1.807, 2.05) is 0 Å². The molecule has 0 bridgehead atoms. The minimum atomic E-state index is -0.839. The Morgan fingerprint density at radius 1 is 1.38 bits per heavy atom. The van der Waals surface area contributed by atoms with Crippen LogP contribution in [-0.4, -0.2) is 24.2 Å². The fourth-order valence-electron chi connectivity index (χ4n) is 2.31. The third kappa shape index (κ3) is 2.73. The van der Waals surface area contributed by atoms with E-state index in [9.17, 15) is 4.39 Å². The number of anilines is 2. The van der Waals surface area contributed by atoms with Crippen molar-refractivity contribution in [1.82, 2.24) is 5.16 Å². The van der Waals surface area contributed by atoms with Gasteiger partial charge in [0.2, 0.25) is 0 Å². The predicted molar refractivity (Wildman–Crippen MR) is 76.0 cm³/mol. The first-order valence-electron chi connectivity index (χ1n) is 6.46.